The van der Waals surface area contributed by atoms with Crippen molar-refractivity contribution in [3.8, 4) is 0 Å². The number of hydrogen-bond acceptors (Lipinski definition) is 4. The number of fused-ring (bicyclic) bond motifs is 1. The van der Waals surface area contributed by atoms with Gasteiger partial charge in [-0.2, -0.15) is 0 Å². The lowest BCUT2D eigenvalue weighted by atomic mass is 10.2. The zero-order chi connectivity index (χ0) is 13.3. The Hall–Kier alpha value is -1.75. The Kier molecular flexibility index (Phi) is 3.43. The maximum atomic E-state index is 11.9. The van der Waals surface area contributed by atoms with Crippen molar-refractivity contribution in [2.75, 3.05) is 6.61 Å². The number of Topliss-reactive ketones (excluding diaryl/α,β-unsaturated/α-hetero) is 1. The number of ketones is 1. The number of rotatable bonds is 3. The van der Waals surface area contributed by atoms with Gasteiger partial charge in [-0.3, -0.25) is 4.79 Å². The van der Waals surface area contributed by atoms with Crippen LogP contribution in [0, 0.1) is 0 Å². The molecule has 0 bridgehead atoms. The van der Waals surface area contributed by atoms with E-state index in [0.717, 1.165) is 0 Å². The fourth-order valence-corrected chi connectivity index (χ4v) is 2.41. The lowest BCUT2D eigenvalue weighted by Crippen LogP contribution is -2.05. The van der Waals surface area contributed by atoms with Crippen LogP contribution in [0.5, 0.6) is 0 Å². The minimum Gasteiger partial charge on any atom is -0.462 e. The molecular weight excluding hydrogens is 250 g/mol. The summed E-state index contributed by atoms with van der Waals surface area (Å²) in [6, 6.07) is 5.36. The maximum absolute atomic E-state index is 11.9. The van der Waals surface area contributed by atoms with Crippen molar-refractivity contribution in [1.82, 2.24) is 4.40 Å². The van der Waals surface area contributed by atoms with E-state index in [4.69, 9.17) is 4.74 Å². The molecule has 0 aliphatic rings. The summed E-state index contributed by atoms with van der Waals surface area (Å²) >= 11 is 4.30. The Labute approximate surface area is 110 Å². The molecule has 0 aliphatic carbocycles. The second-order valence-electron chi connectivity index (χ2n) is 3.80. The Morgan fingerprint density at radius 1 is 1.39 bits per heavy atom. The summed E-state index contributed by atoms with van der Waals surface area (Å²) in [4.78, 5) is 23.9. The molecule has 2 rings (SSSR count). The van der Waals surface area contributed by atoms with E-state index in [1.807, 2.05) is 0 Å². The van der Waals surface area contributed by atoms with Gasteiger partial charge in [0.05, 0.1) is 17.7 Å². The van der Waals surface area contributed by atoms with E-state index < -0.39 is 5.97 Å². The highest BCUT2D eigenvalue weighted by Gasteiger charge is 2.23. The number of aromatic nitrogens is 1. The molecule has 18 heavy (non-hydrogen) atoms. The first kappa shape index (κ1) is 12.7. The molecule has 0 saturated heterocycles. The number of nitrogens with zero attached hydrogens (tertiary/aromatic N) is 1. The number of carbonyl (C=O) groups excluding carboxylic acids is 2. The molecule has 0 aromatic carbocycles. The minimum atomic E-state index is -0.460. The average Bonchev–Trinajstić information content (AvgIpc) is 2.61. The summed E-state index contributed by atoms with van der Waals surface area (Å²) < 4.78 is 6.66. The molecule has 0 saturated carbocycles. The number of ether oxygens (including phenoxy) is 1. The maximum Gasteiger partial charge on any atom is 0.341 e. The fourth-order valence-electron chi connectivity index (χ4n) is 1.94. The van der Waals surface area contributed by atoms with Gasteiger partial charge in [-0.15, -0.1) is 12.6 Å². The number of carbonyl (C=O) groups is 2. The fraction of sp³-hybridized carbons (Fsp3) is 0.231. The first-order valence-corrected chi connectivity index (χ1v) is 6.02. The van der Waals surface area contributed by atoms with Gasteiger partial charge in [0.1, 0.15) is 5.69 Å². The van der Waals surface area contributed by atoms with E-state index in [0.29, 0.717) is 21.7 Å². The molecule has 2 aromatic heterocycles. The first-order valence-electron chi connectivity index (χ1n) is 5.58. The largest absolute Gasteiger partial charge is 0.462 e. The molecule has 0 atom stereocenters. The molecule has 5 heteroatoms. The normalized spacial score (nSPS) is 10.6. The van der Waals surface area contributed by atoms with Gasteiger partial charge < -0.3 is 9.14 Å². The smallest absolute Gasteiger partial charge is 0.341 e. The lowest BCUT2D eigenvalue weighted by molar-refractivity contribution is 0.0525. The molecule has 2 aromatic rings. The number of pyridine rings is 1. The summed E-state index contributed by atoms with van der Waals surface area (Å²) in [6.07, 6.45) is 1.73. The monoisotopic (exact) mass is 263 g/mol. The highest BCUT2D eigenvalue weighted by atomic mass is 32.1. The van der Waals surface area contributed by atoms with Crippen molar-refractivity contribution in [2.24, 2.45) is 0 Å². The average molecular weight is 263 g/mol. The van der Waals surface area contributed by atoms with Crippen molar-refractivity contribution >= 4 is 29.9 Å². The van der Waals surface area contributed by atoms with Crippen molar-refractivity contribution < 1.29 is 14.3 Å². The van der Waals surface area contributed by atoms with Crippen LogP contribution in [0.15, 0.2) is 29.3 Å². The second-order valence-corrected chi connectivity index (χ2v) is 4.25. The van der Waals surface area contributed by atoms with Crippen LogP contribution in [-0.4, -0.2) is 22.8 Å². The zero-order valence-electron chi connectivity index (χ0n) is 10.1. The molecule has 0 spiro atoms. The van der Waals surface area contributed by atoms with Gasteiger partial charge in [-0.05, 0) is 19.1 Å². The van der Waals surface area contributed by atoms with Crippen LogP contribution in [-0.2, 0) is 4.74 Å². The van der Waals surface area contributed by atoms with Crippen LogP contribution in [0.2, 0.25) is 0 Å². The van der Waals surface area contributed by atoms with Crippen molar-refractivity contribution in [2.45, 2.75) is 18.7 Å². The predicted molar refractivity (Wildman–Crippen MR) is 70.6 cm³/mol. The molecule has 0 radical (unpaired) electrons. The molecular formula is C13H13NO3S. The summed E-state index contributed by atoms with van der Waals surface area (Å²) in [6.45, 7) is 3.47. The Morgan fingerprint density at radius 2 is 2.11 bits per heavy atom. The van der Waals surface area contributed by atoms with E-state index in [9.17, 15) is 9.59 Å². The van der Waals surface area contributed by atoms with Crippen LogP contribution in [0.1, 0.15) is 34.7 Å². The van der Waals surface area contributed by atoms with Gasteiger partial charge in [0.2, 0.25) is 0 Å². The molecule has 0 unspecified atom stereocenters. The first-order chi connectivity index (χ1) is 8.57. The standard InChI is InChI=1S/C13H13NO3S/c1-3-17-13(16)10-9-6-4-5-7-14(9)11(8(2)15)12(10)18/h4-7,18H,3H2,1-2H3. The van der Waals surface area contributed by atoms with Gasteiger partial charge >= 0.3 is 5.97 Å². The zero-order valence-corrected chi connectivity index (χ0v) is 11.0. The number of hydrogen-bond donors (Lipinski definition) is 1. The quantitative estimate of drug-likeness (QED) is 0.526. The SMILES string of the molecule is CCOC(=O)c1c(S)c(C(C)=O)n2ccccc12. The highest BCUT2D eigenvalue weighted by Crippen LogP contribution is 2.28. The van der Waals surface area contributed by atoms with Gasteiger partial charge in [0.25, 0.3) is 0 Å². The van der Waals surface area contributed by atoms with E-state index >= 15 is 0 Å². The Bertz CT molecular complexity index is 630. The van der Waals surface area contributed by atoms with Crippen molar-refractivity contribution in [3.05, 3.63) is 35.7 Å². The van der Waals surface area contributed by atoms with Crippen LogP contribution in [0.25, 0.3) is 5.52 Å². The Morgan fingerprint density at radius 3 is 2.72 bits per heavy atom. The van der Waals surface area contributed by atoms with Crippen molar-refractivity contribution in [3.63, 3.8) is 0 Å². The van der Waals surface area contributed by atoms with E-state index in [1.165, 1.54) is 6.92 Å². The van der Waals surface area contributed by atoms with Crippen molar-refractivity contribution in [1.29, 1.82) is 0 Å². The number of thiol groups is 1. The third kappa shape index (κ3) is 1.90. The topological polar surface area (TPSA) is 47.8 Å². The van der Waals surface area contributed by atoms with Crippen LogP contribution in [0.3, 0.4) is 0 Å². The molecule has 2 heterocycles. The summed E-state index contributed by atoms with van der Waals surface area (Å²) in [5, 5.41) is 0. The Balaban J connectivity index is 2.77. The number of esters is 1. The highest BCUT2D eigenvalue weighted by molar-refractivity contribution is 7.80. The summed E-state index contributed by atoms with van der Waals surface area (Å²) in [5.41, 5.74) is 1.37. The summed E-state index contributed by atoms with van der Waals surface area (Å²) in [7, 11) is 0. The third-order valence-corrected chi connectivity index (χ3v) is 3.07. The molecule has 0 amide bonds. The van der Waals surface area contributed by atoms with Gasteiger partial charge in [0, 0.05) is 18.0 Å². The molecule has 0 N–H and O–H groups in total. The third-order valence-electron chi connectivity index (χ3n) is 2.63. The second kappa shape index (κ2) is 4.86. The predicted octanol–water partition coefficient (Wildman–Crippen LogP) is 2.61. The molecule has 0 aliphatic heterocycles. The lowest BCUT2D eigenvalue weighted by Gasteiger charge is -2.01. The van der Waals surface area contributed by atoms with E-state index in [2.05, 4.69) is 12.6 Å². The van der Waals surface area contributed by atoms with Crippen LogP contribution >= 0.6 is 12.6 Å². The van der Waals surface area contributed by atoms with Gasteiger partial charge in [-0.25, -0.2) is 4.79 Å². The molecule has 0 fully saturated rings. The van der Waals surface area contributed by atoms with E-state index in [1.54, 1.807) is 35.7 Å². The van der Waals surface area contributed by atoms with Crippen LogP contribution in [0.4, 0.5) is 0 Å². The van der Waals surface area contributed by atoms with E-state index in [-0.39, 0.29) is 12.4 Å². The van der Waals surface area contributed by atoms with Gasteiger partial charge in [-0.1, -0.05) is 6.07 Å². The van der Waals surface area contributed by atoms with Crippen LogP contribution < -0.4 is 0 Å². The summed E-state index contributed by atoms with van der Waals surface area (Å²) in [5.74, 6) is -0.601. The minimum absolute atomic E-state index is 0.142. The van der Waals surface area contributed by atoms with Gasteiger partial charge in [0.15, 0.2) is 5.78 Å². The molecule has 4 nitrogen and oxygen atoms in total. The molecule has 94 valence electrons.